The lowest BCUT2D eigenvalue weighted by Crippen LogP contribution is -2.31. The third-order valence-corrected chi connectivity index (χ3v) is 4.20. The molecule has 0 saturated carbocycles. The van der Waals surface area contributed by atoms with Gasteiger partial charge in [-0.05, 0) is 29.7 Å². The normalized spacial score (nSPS) is 13.5. The molecule has 1 heterocycles. The molecular formula is C13H16BrFN4S. The maximum atomic E-state index is 14.1. The number of nitrogens with zero attached hydrogens (tertiary/aromatic N) is 2. The van der Waals surface area contributed by atoms with Crippen LogP contribution in [0, 0.1) is 5.82 Å². The van der Waals surface area contributed by atoms with E-state index in [1.807, 2.05) is 20.8 Å². The highest BCUT2D eigenvalue weighted by molar-refractivity contribution is 9.10. The van der Waals surface area contributed by atoms with Gasteiger partial charge < -0.3 is 0 Å². The Kier molecular flexibility index (Phi) is 4.53. The van der Waals surface area contributed by atoms with Gasteiger partial charge in [0.05, 0.1) is 16.6 Å². The van der Waals surface area contributed by atoms with Gasteiger partial charge in [-0.25, -0.2) is 9.82 Å². The van der Waals surface area contributed by atoms with Gasteiger partial charge in [-0.15, -0.1) is 5.10 Å². The Bertz CT molecular complexity index is 609. The average Bonchev–Trinajstić information content (AvgIpc) is 2.83. The predicted octanol–water partition coefficient (Wildman–Crippen LogP) is 3.29. The first kappa shape index (κ1) is 15.5. The molecule has 0 amide bonds. The molecule has 1 aromatic heterocycles. The molecule has 20 heavy (non-hydrogen) atoms. The number of aromatic nitrogens is 2. The molecule has 0 fully saturated rings. The van der Waals surface area contributed by atoms with Gasteiger partial charge in [-0.3, -0.25) is 5.84 Å². The second kappa shape index (κ2) is 5.85. The molecule has 0 aliphatic rings. The van der Waals surface area contributed by atoms with Crippen LogP contribution in [0.25, 0.3) is 0 Å². The van der Waals surface area contributed by atoms with Crippen molar-refractivity contribution >= 4 is 27.5 Å². The minimum atomic E-state index is -0.471. The minimum absolute atomic E-state index is 0.181. The van der Waals surface area contributed by atoms with Crippen LogP contribution in [0.3, 0.4) is 0 Å². The number of rotatable bonds is 3. The third kappa shape index (κ3) is 3.06. The fourth-order valence-corrected chi connectivity index (χ4v) is 3.27. The molecule has 0 saturated heterocycles. The number of benzene rings is 1. The number of nitrogens with two attached hydrogens (primary N) is 1. The van der Waals surface area contributed by atoms with Crippen molar-refractivity contribution in [1.82, 2.24) is 15.0 Å². The Hall–Kier alpha value is -0.890. The van der Waals surface area contributed by atoms with E-state index in [2.05, 4.69) is 30.9 Å². The fourth-order valence-electron chi connectivity index (χ4n) is 1.95. The van der Waals surface area contributed by atoms with Crippen molar-refractivity contribution < 1.29 is 4.39 Å². The van der Waals surface area contributed by atoms with E-state index in [1.54, 1.807) is 12.1 Å². The standard InChI is InChI=1S/C13H16BrFN4S/c1-13(2,3)12-11(20-19-18-12)10(17-16)8-6-7(14)4-5-9(8)15/h4-6,10,17H,16H2,1-3H3. The summed E-state index contributed by atoms with van der Waals surface area (Å²) < 4.78 is 18.9. The van der Waals surface area contributed by atoms with E-state index in [1.165, 1.54) is 17.6 Å². The highest BCUT2D eigenvalue weighted by Crippen LogP contribution is 2.34. The van der Waals surface area contributed by atoms with Crippen LogP contribution in [0.1, 0.15) is 42.9 Å². The van der Waals surface area contributed by atoms with E-state index in [9.17, 15) is 4.39 Å². The Balaban J connectivity index is 2.54. The van der Waals surface area contributed by atoms with Crippen LogP contribution in [0.2, 0.25) is 0 Å². The van der Waals surface area contributed by atoms with Crippen molar-refractivity contribution in [2.75, 3.05) is 0 Å². The molecule has 0 radical (unpaired) electrons. The molecule has 1 aromatic carbocycles. The zero-order valence-electron chi connectivity index (χ0n) is 11.4. The molecule has 108 valence electrons. The van der Waals surface area contributed by atoms with Crippen molar-refractivity contribution in [2.45, 2.75) is 32.2 Å². The molecule has 0 spiro atoms. The van der Waals surface area contributed by atoms with E-state index in [4.69, 9.17) is 5.84 Å². The van der Waals surface area contributed by atoms with Crippen LogP contribution in [-0.2, 0) is 5.41 Å². The zero-order valence-corrected chi connectivity index (χ0v) is 13.8. The average molecular weight is 359 g/mol. The van der Waals surface area contributed by atoms with Crippen LogP contribution < -0.4 is 11.3 Å². The van der Waals surface area contributed by atoms with Gasteiger partial charge in [0, 0.05) is 15.5 Å². The van der Waals surface area contributed by atoms with Gasteiger partial charge in [0.1, 0.15) is 5.82 Å². The van der Waals surface area contributed by atoms with Crippen LogP contribution in [0.4, 0.5) is 4.39 Å². The lowest BCUT2D eigenvalue weighted by atomic mass is 9.89. The predicted molar refractivity (Wildman–Crippen MR) is 81.9 cm³/mol. The Labute approximate surface area is 129 Å². The van der Waals surface area contributed by atoms with Crippen LogP contribution >= 0.6 is 27.5 Å². The van der Waals surface area contributed by atoms with Crippen molar-refractivity contribution in [1.29, 1.82) is 0 Å². The molecule has 3 N–H and O–H groups in total. The summed E-state index contributed by atoms with van der Waals surface area (Å²) in [5, 5.41) is 4.17. The summed E-state index contributed by atoms with van der Waals surface area (Å²) in [6, 6.07) is 4.31. The molecule has 0 aliphatic carbocycles. The molecule has 2 aromatic rings. The van der Waals surface area contributed by atoms with E-state index in [0.717, 1.165) is 15.0 Å². The van der Waals surface area contributed by atoms with E-state index in [-0.39, 0.29) is 11.2 Å². The van der Waals surface area contributed by atoms with Crippen molar-refractivity contribution in [3.8, 4) is 0 Å². The van der Waals surface area contributed by atoms with E-state index in [0.29, 0.717) is 5.56 Å². The van der Waals surface area contributed by atoms with Gasteiger partial charge in [0.25, 0.3) is 0 Å². The molecule has 4 nitrogen and oxygen atoms in total. The molecule has 0 bridgehead atoms. The highest BCUT2D eigenvalue weighted by Gasteiger charge is 2.29. The summed E-state index contributed by atoms with van der Waals surface area (Å²) in [5.41, 5.74) is 3.78. The SMILES string of the molecule is CC(C)(C)c1nnsc1C(NN)c1cc(Br)ccc1F. The summed E-state index contributed by atoms with van der Waals surface area (Å²) in [7, 11) is 0. The smallest absolute Gasteiger partial charge is 0.128 e. The Morgan fingerprint density at radius 1 is 1.40 bits per heavy atom. The Morgan fingerprint density at radius 3 is 2.70 bits per heavy atom. The van der Waals surface area contributed by atoms with Gasteiger partial charge in [-0.1, -0.05) is 41.2 Å². The quantitative estimate of drug-likeness (QED) is 0.652. The van der Waals surface area contributed by atoms with Crippen LogP contribution in [-0.4, -0.2) is 9.59 Å². The number of nitrogens with one attached hydrogen (secondary N) is 1. The lowest BCUT2D eigenvalue weighted by Gasteiger charge is -2.22. The molecular weight excluding hydrogens is 343 g/mol. The first-order valence-corrected chi connectivity index (χ1v) is 7.65. The summed E-state index contributed by atoms with van der Waals surface area (Å²) in [4.78, 5) is 0.831. The number of hydrazine groups is 1. The molecule has 2 rings (SSSR count). The van der Waals surface area contributed by atoms with E-state index >= 15 is 0 Å². The number of hydrogen-bond acceptors (Lipinski definition) is 5. The Morgan fingerprint density at radius 2 is 2.10 bits per heavy atom. The summed E-state index contributed by atoms with van der Waals surface area (Å²) in [6.07, 6.45) is 0. The summed E-state index contributed by atoms with van der Waals surface area (Å²) >= 11 is 4.58. The monoisotopic (exact) mass is 358 g/mol. The lowest BCUT2D eigenvalue weighted by molar-refractivity contribution is 0.529. The van der Waals surface area contributed by atoms with Gasteiger partial charge >= 0.3 is 0 Å². The number of halogens is 2. The zero-order chi connectivity index (χ0) is 14.9. The second-order valence-corrected chi connectivity index (χ2v) is 7.20. The third-order valence-electron chi connectivity index (χ3n) is 2.92. The molecule has 1 atom stereocenters. The highest BCUT2D eigenvalue weighted by atomic mass is 79.9. The van der Waals surface area contributed by atoms with Crippen molar-refractivity contribution in [2.24, 2.45) is 5.84 Å². The van der Waals surface area contributed by atoms with Crippen molar-refractivity contribution in [3.05, 3.63) is 44.6 Å². The van der Waals surface area contributed by atoms with Gasteiger partial charge in [0.2, 0.25) is 0 Å². The van der Waals surface area contributed by atoms with Crippen LogP contribution in [0.15, 0.2) is 22.7 Å². The fraction of sp³-hybridized carbons (Fsp3) is 0.385. The molecule has 1 unspecified atom stereocenters. The van der Waals surface area contributed by atoms with Gasteiger partial charge in [0.15, 0.2) is 0 Å². The maximum absolute atomic E-state index is 14.1. The summed E-state index contributed by atoms with van der Waals surface area (Å²) in [6.45, 7) is 6.12. The van der Waals surface area contributed by atoms with Gasteiger partial charge in [-0.2, -0.15) is 0 Å². The topological polar surface area (TPSA) is 63.8 Å². The first-order chi connectivity index (χ1) is 9.34. The number of hydrogen-bond donors (Lipinski definition) is 2. The molecule has 0 aliphatic heterocycles. The first-order valence-electron chi connectivity index (χ1n) is 6.08. The second-order valence-electron chi connectivity index (χ2n) is 5.50. The maximum Gasteiger partial charge on any atom is 0.128 e. The summed E-state index contributed by atoms with van der Waals surface area (Å²) in [5.74, 6) is 5.33. The minimum Gasteiger partial charge on any atom is -0.271 e. The van der Waals surface area contributed by atoms with Crippen molar-refractivity contribution in [3.63, 3.8) is 0 Å². The van der Waals surface area contributed by atoms with Crippen LogP contribution in [0.5, 0.6) is 0 Å². The van der Waals surface area contributed by atoms with E-state index < -0.39 is 6.04 Å². The largest absolute Gasteiger partial charge is 0.271 e. The molecule has 7 heteroatoms.